The quantitative estimate of drug-likeness (QED) is 0.449. The lowest BCUT2D eigenvalue weighted by Crippen LogP contribution is -2.60. The van der Waals surface area contributed by atoms with E-state index < -0.39 is 14.1 Å². The van der Waals surface area contributed by atoms with E-state index in [2.05, 4.69) is 47.7 Å². The van der Waals surface area contributed by atoms with Crippen LogP contribution in [0.2, 0.25) is 18.1 Å². The molecule has 5 rings (SSSR count). The molecule has 32 heavy (non-hydrogen) atoms. The molecule has 5 fully saturated rings. The van der Waals surface area contributed by atoms with Crippen LogP contribution in [0.5, 0.6) is 0 Å². The second-order valence-corrected chi connectivity index (χ2v) is 18.6. The molecule has 7 atom stereocenters. The van der Waals surface area contributed by atoms with Gasteiger partial charge in [0.25, 0.3) is 0 Å². The van der Waals surface area contributed by atoms with E-state index in [1.54, 1.807) is 0 Å². The van der Waals surface area contributed by atoms with Gasteiger partial charge < -0.3 is 13.9 Å². The van der Waals surface area contributed by atoms with Crippen LogP contribution in [0.1, 0.15) is 86.0 Å². The number of fused-ring (bicyclic) bond motifs is 6. The predicted molar refractivity (Wildman–Crippen MR) is 129 cm³/mol. The van der Waals surface area contributed by atoms with E-state index in [1.165, 1.54) is 6.42 Å². The van der Waals surface area contributed by atoms with Crippen molar-refractivity contribution < 1.29 is 18.7 Å². The number of ketones is 1. The van der Waals surface area contributed by atoms with Gasteiger partial charge in [0.15, 0.2) is 14.1 Å². The fraction of sp³-hybridized carbons (Fsp3) is 0.963. The van der Waals surface area contributed by atoms with E-state index in [9.17, 15) is 4.79 Å². The third kappa shape index (κ3) is 3.20. The van der Waals surface area contributed by atoms with Gasteiger partial charge in [-0.3, -0.25) is 4.79 Å². The molecular formula is C27H46O4Si. The Labute approximate surface area is 196 Å². The lowest BCUT2D eigenvalue weighted by atomic mass is 9.44. The number of rotatable bonds is 2. The number of hydrogen-bond acceptors (Lipinski definition) is 4. The Balaban J connectivity index is 1.36. The molecule has 0 N–H and O–H groups in total. The third-order valence-electron chi connectivity index (χ3n) is 11.5. The average molecular weight is 463 g/mol. The SMILES string of the molecule is CC(C)(C)[Si](C)(C)O[C@H]1CC[C@@]2(C)C(CC(=O)C3C2CC[C@@]2(C)C3CCC23OCCO3)C1. The Bertz CT molecular complexity index is 766. The van der Waals surface area contributed by atoms with Crippen LogP contribution in [0.4, 0.5) is 0 Å². The Kier molecular flexibility index (Phi) is 5.42. The number of carbonyl (C=O) groups excluding carboxylic acids is 1. The molecule has 4 unspecified atom stereocenters. The summed E-state index contributed by atoms with van der Waals surface area (Å²) in [4.78, 5) is 13.8. The maximum Gasteiger partial charge on any atom is 0.192 e. The third-order valence-corrected chi connectivity index (χ3v) is 16.0. The molecule has 4 saturated carbocycles. The molecule has 4 aliphatic carbocycles. The van der Waals surface area contributed by atoms with Crippen molar-refractivity contribution in [2.75, 3.05) is 13.2 Å². The molecule has 0 amide bonds. The van der Waals surface area contributed by atoms with E-state index >= 15 is 0 Å². The van der Waals surface area contributed by atoms with Crippen LogP contribution in [0.15, 0.2) is 0 Å². The summed E-state index contributed by atoms with van der Waals surface area (Å²) in [7, 11) is -1.78. The molecule has 1 aliphatic heterocycles. The monoisotopic (exact) mass is 462 g/mol. The molecule has 1 saturated heterocycles. The molecule has 1 heterocycles. The predicted octanol–water partition coefficient (Wildman–Crippen LogP) is 6.34. The highest BCUT2D eigenvalue weighted by molar-refractivity contribution is 6.74. The molecule has 0 aromatic rings. The summed E-state index contributed by atoms with van der Waals surface area (Å²) < 4.78 is 19.4. The molecule has 182 valence electrons. The summed E-state index contributed by atoms with van der Waals surface area (Å²) in [5, 5.41) is 0.234. The Morgan fingerprint density at radius 3 is 2.28 bits per heavy atom. The van der Waals surface area contributed by atoms with E-state index in [4.69, 9.17) is 13.9 Å². The van der Waals surface area contributed by atoms with Crippen molar-refractivity contribution >= 4 is 14.1 Å². The van der Waals surface area contributed by atoms with Crippen molar-refractivity contribution in [3.8, 4) is 0 Å². The first-order chi connectivity index (χ1) is 14.8. The summed E-state index contributed by atoms with van der Waals surface area (Å²) in [6, 6.07) is 0. The van der Waals surface area contributed by atoms with E-state index in [1.807, 2.05) is 0 Å². The van der Waals surface area contributed by atoms with Crippen molar-refractivity contribution in [2.45, 2.75) is 116 Å². The van der Waals surface area contributed by atoms with Crippen LogP contribution in [-0.2, 0) is 18.7 Å². The average Bonchev–Trinajstić information content (AvgIpc) is 3.28. The van der Waals surface area contributed by atoms with Crippen LogP contribution in [0.25, 0.3) is 0 Å². The molecule has 0 aromatic carbocycles. The van der Waals surface area contributed by atoms with Gasteiger partial charge in [0, 0.05) is 30.3 Å². The molecule has 0 aromatic heterocycles. The normalized spacial score (nSPS) is 46.1. The summed E-state index contributed by atoms with van der Waals surface area (Å²) in [5.41, 5.74) is 0.270. The van der Waals surface area contributed by atoms with Gasteiger partial charge in [0.05, 0.1) is 13.2 Å². The maximum atomic E-state index is 13.8. The van der Waals surface area contributed by atoms with Crippen molar-refractivity contribution in [3.63, 3.8) is 0 Å². The highest BCUT2D eigenvalue weighted by Gasteiger charge is 2.69. The number of Topliss-reactive ketones (excluding diaryl/α,β-unsaturated/α-hetero) is 1. The number of carbonyl (C=O) groups is 1. The van der Waals surface area contributed by atoms with Gasteiger partial charge in [0.1, 0.15) is 5.78 Å². The zero-order chi connectivity index (χ0) is 23.2. The minimum Gasteiger partial charge on any atom is -0.414 e. The largest absolute Gasteiger partial charge is 0.414 e. The molecule has 5 heteroatoms. The van der Waals surface area contributed by atoms with Gasteiger partial charge in [-0.25, -0.2) is 0 Å². The van der Waals surface area contributed by atoms with Crippen molar-refractivity contribution in [2.24, 2.45) is 34.5 Å². The van der Waals surface area contributed by atoms with E-state index in [-0.39, 0.29) is 21.8 Å². The minimum atomic E-state index is -1.78. The highest BCUT2D eigenvalue weighted by Crippen LogP contribution is 2.69. The second kappa shape index (κ2) is 7.38. The standard InChI is InChI=1S/C27H46O4Si/c1-24(2,3)32(6,7)31-19-8-11-25(4)18(16-19)17-22(28)23-20(25)9-12-26(5)21(23)10-13-27(26)29-14-15-30-27/h18-21,23H,8-17H2,1-7H3/t18?,19-,20?,21?,23?,25-,26-/m0/s1. The Morgan fingerprint density at radius 1 is 0.969 bits per heavy atom. The van der Waals surface area contributed by atoms with Crippen LogP contribution in [-0.4, -0.2) is 39.2 Å². The molecular weight excluding hydrogens is 416 g/mol. The molecule has 0 bridgehead atoms. The van der Waals surface area contributed by atoms with Crippen molar-refractivity contribution in [1.29, 1.82) is 0 Å². The van der Waals surface area contributed by atoms with E-state index in [0.717, 1.165) is 44.9 Å². The van der Waals surface area contributed by atoms with Gasteiger partial charge >= 0.3 is 0 Å². The first-order valence-corrected chi connectivity index (χ1v) is 16.2. The summed E-state index contributed by atoms with van der Waals surface area (Å²) in [6.45, 7) is 18.0. The van der Waals surface area contributed by atoms with Crippen LogP contribution in [0, 0.1) is 34.5 Å². The van der Waals surface area contributed by atoms with Gasteiger partial charge in [-0.15, -0.1) is 0 Å². The summed E-state index contributed by atoms with van der Waals surface area (Å²) in [5.74, 6) is 1.76. The lowest BCUT2D eigenvalue weighted by molar-refractivity contribution is -0.245. The summed E-state index contributed by atoms with van der Waals surface area (Å²) >= 11 is 0. The number of ether oxygens (including phenoxy) is 2. The topological polar surface area (TPSA) is 44.8 Å². The van der Waals surface area contributed by atoms with Crippen molar-refractivity contribution in [3.05, 3.63) is 0 Å². The van der Waals surface area contributed by atoms with E-state index in [0.29, 0.717) is 42.9 Å². The molecule has 1 spiro atoms. The van der Waals surface area contributed by atoms with Gasteiger partial charge in [0.2, 0.25) is 0 Å². The first kappa shape index (κ1) is 23.5. The van der Waals surface area contributed by atoms with Crippen LogP contribution < -0.4 is 0 Å². The second-order valence-electron chi connectivity index (χ2n) is 13.8. The van der Waals surface area contributed by atoms with Crippen molar-refractivity contribution in [1.82, 2.24) is 0 Å². The molecule has 0 radical (unpaired) electrons. The van der Waals surface area contributed by atoms with Gasteiger partial charge in [-0.2, -0.15) is 0 Å². The smallest absolute Gasteiger partial charge is 0.192 e. The zero-order valence-electron chi connectivity index (χ0n) is 21.6. The summed E-state index contributed by atoms with van der Waals surface area (Å²) in [6.07, 6.45) is 8.89. The highest BCUT2D eigenvalue weighted by atomic mass is 28.4. The fourth-order valence-electron chi connectivity index (χ4n) is 8.48. The molecule has 4 nitrogen and oxygen atoms in total. The Morgan fingerprint density at radius 2 is 1.62 bits per heavy atom. The number of hydrogen-bond donors (Lipinski definition) is 0. The van der Waals surface area contributed by atoms with Crippen LogP contribution >= 0.6 is 0 Å². The zero-order valence-corrected chi connectivity index (χ0v) is 22.6. The molecule has 5 aliphatic rings. The first-order valence-electron chi connectivity index (χ1n) is 13.3. The minimum absolute atomic E-state index is 0.00777. The lowest BCUT2D eigenvalue weighted by Gasteiger charge is -2.61. The Hall–Kier alpha value is -0.233. The van der Waals surface area contributed by atoms with Gasteiger partial charge in [-0.1, -0.05) is 34.6 Å². The van der Waals surface area contributed by atoms with Crippen LogP contribution in [0.3, 0.4) is 0 Å². The fourth-order valence-corrected chi connectivity index (χ4v) is 9.88. The van der Waals surface area contributed by atoms with Gasteiger partial charge in [-0.05, 0) is 79.8 Å². The maximum absolute atomic E-state index is 13.8.